The second-order valence-electron chi connectivity index (χ2n) is 4.64. The van der Waals surface area contributed by atoms with E-state index in [4.69, 9.17) is 0 Å². The minimum atomic E-state index is -4.12. The van der Waals surface area contributed by atoms with Crippen LogP contribution in [0.3, 0.4) is 0 Å². The minimum Gasteiger partial charge on any atom is -0.309 e. The van der Waals surface area contributed by atoms with Crippen LogP contribution in [0.5, 0.6) is 0 Å². The molecular formula is C13H16F3N. The van der Waals surface area contributed by atoms with Gasteiger partial charge in [-0.1, -0.05) is 29.8 Å². The highest BCUT2D eigenvalue weighted by Crippen LogP contribution is 2.41. The fourth-order valence-electron chi connectivity index (χ4n) is 2.45. The summed E-state index contributed by atoms with van der Waals surface area (Å²) in [4.78, 5) is 0. The minimum absolute atomic E-state index is 0.217. The Hall–Kier alpha value is -1.03. The van der Waals surface area contributed by atoms with Crippen molar-refractivity contribution in [3.05, 3.63) is 35.4 Å². The zero-order valence-electron chi connectivity index (χ0n) is 9.72. The molecule has 0 aliphatic carbocycles. The molecule has 1 saturated heterocycles. The molecule has 0 amide bonds. The number of aryl methyl sites for hydroxylation is 1. The number of benzene rings is 1. The van der Waals surface area contributed by atoms with E-state index in [-0.39, 0.29) is 6.42 Å². The van der Waals surface area contributed by atoms with Crippen LogP contribution in [0.1, 0.15) is 30.0 Å². The molecule has 0 radical (unpaired) electrons. The molecule has 0 aromatic heterocycles. The number of alkyl halides is 3. The van der Waals surface area contributed by atoms with E-state index in [1.54, 1.807) is 6.07 Å². The fourth-order valence-corrected chi connectivity index (χ4v) is 2.45. The predicted molar refractivity (Wildman–Crippen MR) is 60.7 cm³/mol. The van der Waals surface area contributed by atoms with Gasteiger partial charge in [0, 0.05) is 6.04 Å². The lowest BCUT2D eigenvalue weighted by Crippen LogP contribution is -2.41. The first-order valence-corrected chi connectivity index (χ1v) is 5.85. The Morgan fingerprint density at radius 1 is 1.29 bits per heavy atom. The van der Waals surface area contributed by atoms with E-state index in [2.05, 4.69) is 5.32 Å². The van der Waals surface area contributed by atoms with Crippen LogP contribution in [0, 0.1) is 12.8 Å². The normalized spacial score (nSPS) is 25.9. The second-order valence-corrected chi connectivity index (χ2v) is 4.64. The number of rotatable bonds is 1. The van der Waals surface area contributed by atoms with Gasteiger partial charge in [0.2, 0.25) is 0 Å². The third kappa shape index (κ3) is 2.80. The summed E-state index contributed by atoms with van der Waals surface area (Å²) < 4.78 is 38.8. The van der Waals surface area contributed by atoms with E-state index in [0.717, 1.165) is 11.1 Å². The van der Waals surface area contributed by atoms with Crippen LogP contribution in [0.2, 0.25) is 0 Å². The zero-order chi connectivity index (χ0) is 12.5. The number of hydrogen-bond acceptors (Lipinski definition) is 1. The molecule has 0 bridgehead atoms. The average Bonchev–Trinajstić information content (AvgIpc) is 2.28. The Labute approximate surface area is 99.0 Å². The highest BCUT2D eigenvalue weighted by Gasteiger charge is 2.45. The molecular weight excluding hydrogens is 227 g/mol. The molecule has 2 atom stereocenters. The van der Waals surface area contributed by atoms with Gasteiger partial charge < -0.3 is 5.32 Å². The molecule has 17 heavy (non-hydrogen) atoms. The average molecular weight is 243 g/mol. The molecule has 2 unspecified atom stereocenters. The van der Waals surface area contributed by atoms with Crippen molar-refractivity contribution in [1.82, 2.24) is 5.32 Å². The maximum atomic E-state index is 12.9. The molecule has 1 nitrogen and oxygen atoms in total. The molecule has 0 saturated carbocycles. The highest BCUT2D eigenvalue weighted by atomic mass is 19.4. The van der Waals surface area contributed by atoms with E-state index in [1.165, 1.54) is 0 Å². The maximum absolute atomic E-state index is 12.9. The number of hydrogen-bond donors (Lipinski definition) is 1. The Kier molecular flexibility index (Phi) is 3.43. The van der Waals surface area contributed by atoms with Gasteiger partial charge >= 0.3 is 6.18 Å². The molecule has 1 aromatic rings. The van der Waals surface area contributed by atoms with E-state index in [1.807, 2.05) is 25.1 Å². The first-order valence-electron chi connectivity index (χ1n) is 5.85. The monoisotopic (exact) mass is 243 g/mol. The van der Waals surface area contributed by atoms with Crippen molar-refractivity contribution in [2.45, 2.75) is 32.0 Å². The van der Waals surface area contributed by atoms with E-state index < -0.39 is 18.1 Å². The van der Waals surface area contributed by atoms with Crippen LogP contribution in [-0.4, -0.2) is 12.7 Å². The quantitative estimate of drug-likeness (QED) is 0.794. The van der Waals surface area contributed by atoms with Gasteiger partial charge in [0.15, 0.2) is 0 Å². The fraction of sp³-hybridized carbons (Fsp3) is 0.538. The van der Waals surface area contributed by atoms with Crippen molar-refractivity contribution in [1.29, 1.82) is 0 Å². The summed E-state index contributed by atoms with van der Waals surface area (Å²) in [5.74, 6) is -1.27. The second kappa shape index (κ2) is 4.69. The van der Waals surface area contributed by atoms with Crippen LogP contribution in [0.15, 0.2) is 24.3 Å². The Morgan fingerprint density at radius 2 is 2.06 bits per heavy atom. The van der Waals surface area contributed by atoms with Gasteiger partial charge in [-0.05, 0) is 31.9 Å². The molecule has 1 aromatic carbocycles. The van der Waals surface area contributed by atoms with Crippen molar-refractivity contribution in [2.75, 3.05) is 6.54 Å². The standard InChI is InChI=1S/C13H16F3N/c1-9-4-2-5-10(8-9)12-11(13(14,15)16)6-3-7-17-12/h2,4-5,8,11-12,17H,3,6-7H2,1H3. The van der Waals surface area contributed by atoms with E-state index >= 15 is 0 Å². The van der Waals surface area contributed by atoms with E-state index in [0.29, 0.717) is 13.0 Å². The molecule has 1 N–H and O–H groups in total. The maximum Gasteiger partial charge on any atom is 0.393 e. The molecule has 1 aliphatic rings. The summed E-state index contributed by atoms with van der Waals surface area (Å²) in [6, 6.07) is 6.73. The Morgan fingerprint density at radius 3 is 2.71 bits per heavy atom. The van der Waals surface area contributed by atoms with Crippen LogP contribution >= 0.6 is 0 Å². The van der Waals surface area contributed by atoms with Crippen LogP contribution in [0.25, 0.3) is 0 Å². The summed E-state index contributed by atoms with van der Waals surface area (Å²) in [5, 5.41) is 3.00. The third-order valence-corrected chi connectivity index (χ3v) is 3.28. The Balaban J connectivity index is 2.28. The number of nitrogens with one attached hydrogen (secondary N) is 1. The Bertz CT molecular complexity index is 386. The number of halogens is 3. The molecule has 4 heteroatoms. The van der Waals surface area contributed by atoms with Crippen LogP contribution in [-0.2, 0) is 0 Å². The molecule has 2 rings (SSSR count). The topological polar surface area (TPSA) is 12.0 Å². The zero-order valence-corrected chi connectivity index (χ0v) is 9.72. The molecule has 1 aliphatic heterocycles. The summed E-state index contributed by atoms with van der Waals surface area (Å²) >= 11 is 0. The lowest BCUT2D eigenvalue weighted by Gasteiger charge is -2.34. The highest BCUT2D eigenvalue weighted by molar-refractivity contribution is 5.26. The molecule has 0 spiro atoms. The number of piperidine rings is 1. The van der Waals surface area contributed by atoms with Gasteiger partial charge in [0.25, 0.3) is 0 Å². The van der Waals surface area contributed by atoms with Crippen LogP contribution < -0.4 is 5.32 Å². The first-order chi connectivity index (χ1) is 7.98. The molecule has 1 fully saturated rings. The SMILES string of the molecule is Cc1cccc(C2NCCCC2C(F)(F)F)c1. The summed E-state index contributed by atoms with van der Waals surface area (Å²) in [6.07, 6.45) is -3.32. The molecule has 1 heterocycles. The first kappa shape index (κ1) is 12.4. The van der Waals surface area contributed by atoms with Gasteiger partial charge in [-0.25, -0.2) is 0 Å². The summed E-state index contributed by atoms with van der Waals surface area (Å²) in [7, 11) is 0. The van der Waals surface area contributed by atoms with Crippen molar-refractivity contribution in [3.63, 3.8) is 0 Å². The van der Waals surface area contributed by atoms with Crippen molar-refractivity contribution in [2.24, 2.45) is 5.92 Å². The largest absolute Gasteiger partial charge is 0.393 e. The van der Waals surface area contributed by atoms with Gasteiger partial charge in [0.05, 0.1) is 5.92 Å². The van der Waals surface area contributed by atoms with Gasteiger partial charge in [-0.3, -0.25) is 0 Å². The smallest absolute Gasteiger partial charge is 0.309 e. The predicted octanol–water partition coefficient (Wildman–Crippen LogP) is 3.60. The van der Waals surface area contributed by atoms with Gasteiger partial charge in [-0.15, -0.1) is 0 Å². The van der Waals surface area contributed by atoms with E-state index in [9.17, 15) is 13.2 Å². The lowest BCUT2D eigenvalue weighted by atomic mass is 9.85. The third-order valence-electron chi connectivity index (χ3n) is 3.28. The molecule has 94 valence electrons. The van der Waals surface area contributed by atoms with Gasteiger partial charge in [0.1, 0.15) is 0 Å². The summed E-state index contributed by atoms with van der Waals surface area (Å²) in [6.45, 7) is 2.56. The summed E-state index contributed by atoms with van der Waals surface area (Å²) in [5.41, 5.74) is 1.74. The lowest BCUT2D eigenvalue weighted by molar-refractivity contribution is -0.189. The van der Waals surface area contributed by atoms with Crippen molar-refractivity contribution < 1.29 is 13.2 Å². The van der Waals surface area contributed by atoms with Gasteiger partial charge in [-0.2, -0.15) is 13.2 Å². The van der Waals surface area contributed by atoms with Crippen LogP contribution in [0.4, 0.5) is 13.2 Å². The van der Waals surface area contributed by atoms with Crippen molar-refractivity contribution in [3.8, 4) is 0 Å². The van der Waals surface area contributed by atoms with Crippen molar-refractivity contribution >= 4 is 0 Å².